The zero-order valence-electron chi connectivity index (χ0n) is 12.5. The third-order valence-electron chi connectivity index (χ3n) is 2.53. The van der Waals surface area contributed by atoms with Crippen LogP contribution in [0.2, 0.25) is 0 Å². The second-order valence-electron chi connectivity index (χ2n) is 4.73. The zero-order chi connectivity index (χ0) is 16.4. The number of hydrogen-bond donors (Lipinski definition) is 3. The first kappa shape index (κ1) is 18.9. The number of carbonyl (C=O) groups excluding carboxylic acids is 3. The van der Waals surface area contributed by atoms with Crippen LogP contribution in [0.25, 0.3) is 0 Å². The number of esters is 1. The average molecular weight is 300 g/mol. The molecular formula is C13H22N3O5+. The molecule has 0 unspecified atom stereocenters. The molecule has 3 N–H and O–H groups in total. The van der Waals surface area contributed by atoms with Crippen LogP contribution in [0.3, 0.4) is 0 Å². The van der Waals surface area contributed by atoms with E-state index in [9.17, 15) is 19.5 Å². The number of Topliss-reactive ketones (excluding diaryl/α,β-unsaturated/α-hetero) is 1. The van der Waals surface area contributed by atoms with E-state index in [0.29, 0.717) is 0 Å². The highest BCUT2D eigenvalue weighted by Gasteiger charge is 2.26. The van der Waals surface area contributed by atoms with Gasteiger partial charge < -0.3 is 15.2 Å². The van der Waals surface area contributed by atoms with E-state index >= 15 is 0 Å². The minimum absolute atomic E-state index is 0.0125. The van der Waals surface area contributed by atoms with Crippen LogP contribution in [0.4, 0.5) is 0 Å². The standard InChI is InChI=1S/C13H21N3O5/c1-4-11(18)12(19)16-10(13(20)21-8(2)3)6-5-9(17)7-15-14/h7-8,10-11,14,18H,4-6H2,1-3H3/p+1/t10-,11-/m0/s1. The number of carbonyl (C=O) groups is 3. The molecule has 0 bridgehead atoms. The minimum atomic E-state index is -1.22. The zero-order valence-corrected chi connectivity index (χ0v) is 12.5. The first-order chi connectivity index (χ1) is 9.81. The van der Waals surface area contributed by atoms with Gasteiger partial charge >= 0.3 is 12.2 Å². The van der Waals surface area contributed by atoms with Crippen LogP contribution in [0, 0.1) is 5.53 Å². The molecule has 0 fully saturated rings. The highest BCUT2D eigenvalue weighted by atomic mass is 16.5. The summed E-state index contributed by atoms with van der Waals surface area (Å²) in [5, 5.41) is 11.8. The van der Waals surface area contributed by atoms with Crippen molar-refractivity contribution < 1.29 is 29.0 Å². The van der Waals surface area contributed by atoms with Gasteiger partial charge in [-0.1, -0.05) is 6.92 Å². The van der Waals surface area contributed by atoms with Crippen LogP contribution in [0.5, 0.6) is 0 Å². The predicted octanol–water partition coefficient (Wildman–Crippen LogP) is -0.147. The molecule has 0 aliphatic heterocycles. The van der Waals surface area contributed by atoms with Gasteiger partial charge in [-0.05, 0) is 26.7 Å². The van der Waals surface area contributed by atoms with E-state index in [2.05, 4.69) is 10.1 Å². The molecule has 0 heterocycles. The minimum Gasteiger partial charge on any atom is -0.461 e. The number of ketones is 1. The van der Waals surface area contributed by atoms with E-state index < -0.39 is 29.8 Å². The van der Waals surface area contributed by atoms with Gasteiger partial charge in [-0.25, -0.2) is 4.79 Å². The quantitative estimate of drug-likeness (QED) is 0.236. The lowest BCUT2D eigenvalue weighted by atomic mass is 10.1. The maximum Gasteiger partial charge on any atom is 0.372 e. The van der Waals surface area contributed by atoms with Crippen LogP contribution < -0.4 is 5.32 Å². The molecule has 0 rings (SSSR count). The fourth-order valence-electron chi connectivity index (χ4n) is 1.44. The Morgan fingerprint density at radius 1 is 1.38 bits per heavy atom. The lowest BCUT2D eigenvalue weighted by Gasteiger charge is -2.19. The Bertz CT molecular complexity index is 430. The molecule has 1 amide bonds. The number of ether oxygens (including phenoxy) is 1. The van der Waals surface area contributed by atoms with Gasteiger partial charge in [0.15, 0.2) is 0 Å². The fraction of sp³-hybridized carbons (Fsp3) is 0.692. The first-order valence-corrected chi connectivity index (χ1v) is 6.73. The predicted molar refractivity (Wildman–Crippen MR) is 72.7 cm³/mol. The van der Waals surface area contributed by atoms with Crippen molar-refractivity contribution >= 4 is 23.9 Å². The topological polar surface area (TPSA) is 131 Å². The van der Waals surface area contributed by atoms with Gasteiger partial charge in [0.1, 0.15) is 12.1 Å². The van der Waals surface area contributed by atoms with Crippen molar-refractivity contribution in [3.8, 4) is 0 Å². The van der Waals surface area contributed by atoms with Crippen molar-refractivity contribution in [1.29, 1.82) is 5.53 Å². The van der Waals surface area contributed by atoms with E-state index in [1.54, 1.807) is 20.8 Å². The van der Waals surface area contributed by atoms with E-state index in [1.165, 1.54) is 0 Å². The van der Waals surface area contributed by atoms with Crippen molar-refractivity contribution in [3.05, 3.63) is 0 Å². The lowest BCUT2D eigenvalue weighted by Crippen LogP contribution is -2.46. The number of nitrogens with zero attached hydrogens (tertiary/aromatic N) is 1. The molecule has 0 saturated heterocycles. The van der Waals surface area contributed by atoms with Crippen LogP contribution >= 0.6 is 0 Å². The monoisotopic (exact) mass is 300 g/mol. The Labute approximate surface area is 123 Å². The summed E-state index contributed by atoms with van der Waals surface area (Å²) in [5.41, 5.74) is 6.54. The number of aliphatic hydroxyl groups excluding tert-OH is 1. The van der Waals surface area contributed by atoms with Crippen LogP contribution in [-0.2, 0) is 19.1 Å². The molecule has 0 aromatic carbocycles. The summed E-state index contributed by atoms with van der Waals surface area (Å²) in [5.74, 6) is -1.79. The molecule has 0 spiro atoms. The molecular weight excluding hydrogens is 278 g/mol. The molecule has 21 heavy (non-hydrogen) atoms. The van der Waals surface area contributed by atoms with Crippen LogP contribution in [0.15, 0.2) is 0 Å². The molecule has 8 nitrogen and oxygen atoms in total. The summed E-state index contributed by atoms with van der Waals surface area (Å²) >= 11 is 0. The fourth-order valence-corrected chi connectivity index (χ4v) is 1.44. The van der Waals surface area contributed by atoms with Crippen molar-refractivity contribution in [2.24, 2.45) is 0 Å². The Morgan fingerprint density at radius 3 is 2.48 bits per heavy atom. The SMILES string of the molecule is CC[C@H](O)C(=O)N[C@@H](CCC(=O)C=[N+]=N)C(=O)OC(C)C. The number of amides is 1. The van der Waals surface area contributed by atoms with E-state index in [4.69, 9.17) is 10.3 Å². The molecule has 0 aromatic rings. The largest absolute Gasteiger partial charge is 0.461 e. The summed E-state index contributed by atoms with van der Waals surface area (Å²) in [7, 11) is 0. The Morgan fingerprint density at radius 2 is 2.00 bits per heavy atom. The summed E-state index contributed by atoms with van der Waals surface area (Å²) in [6, 6.07) is -1.02. The number of rotatable bonds is 9. The van der Waals surface area contributed by atoms with Gasteiger partial charge in [0.2, 0.25) is 11.7 Å². The smallest absolute Gasteiger partial charge is 0.372 e. The highest BCUT2D eigenvalue weighted by molar-refractivity contribution is 6.25. The third kappa shape index (κ3) is 7.96. The molecule has 0 aliphatic carbocycles. The van der Waals surface area contributed by atoms with Crippen molar-refractivity contribution in [1.82, 2.24) is 5.32 Å². The second kappa shape index (κ2) is 9.79. The number of hydrogen-bond acceptors (Lipinski definition) is 6. The summed E-state index contributed by atoms with van der Waals surface area (Å²) < 4.78 is 5.00. The van der Waals surface area contributed by atoms with Gasteiger partial charge in [-0.2, -0.15) is 0 Å². The molecule has 0 aromatic heterocycles. The van der Waals surface area contributed by atoms with Gasteiger partial charge in [-0.3, -0.25) is 9.59 Å². The van der Waals surface area contributed by atoms with Gasteiger partial charge in [0, 0.05) is 6.42 Å². The molecule has 0 radical (unpaired) electrons. The average Bonchev–Trinajstić information content (AvgIpc) is 2.41. The van der Waals surface area contributed by atoms with E-state index in [1.807, 2.05) is 0 Å². The normalized spacial score (nSPS) is 13.0. The van der Waals surface area contributed by atoms with Gasteiger partial charge in [0.25, 0.3) is 0 Å². The molecule has 0 saturated carbocycles. The number of aliphatic hydroxyl groups is 1. The molecule has 118 valence electrons. The maximum atomic E-state index is 11.9. The molecule has 8 heteroatoms. The van der Waals surface area contributed by atoms with Crippen molar-refractivity contribution in [3.63, 3.8) is 0 Å². The lowest BCUT2D eigenvalue weighted by molar-refractivity contribution is -0.152. The summed E-state index contributed by atoms with van der Waals surface area (Å²) in [6.07, 6.45) is -0.597. The Balaban J connectivity index is 4.75. The third-order valence-corrected chi connectivity index (χ3v) is 2.53. The van der Waals surface area contributed by atoms with Gasteiger partial charge in [0.05, 0.1) is 16.4 Å². The van der Waals surface area contributed by atoms with E-state index in [-0.39, 0.29) is 25.4 Å². The van der Waals surface area contributed by atoms with Crippen molar-refractivity contribution in [2.45, 2.75) is 58.3 Å². The second-order valence-corrected chi connectivity index (χ2v) is 4.73. The Kier molecular flexibility index (Phi) is 8.84. The first-order valence-electron chi connectivity index (χ1n) is 6.73. The Hall–Kier alpha value is -2.05. The van der Waals surface area contributed by atoms with Gasteiger partial charge in [-0.15, -0.1) is 0 Å². The molecule has 2 atom stereocenters. The summed E-state index contributed by atoms with van der Waals surface area (Å²) in [4.78, 5) is 37.6. The molecule has 0 aliphatic rings. The maximum absolute atomic E-state index is 11.9. The highest BCUT2D eigenvalue weighted by Crippen LogP contribution is 2.04. The van der Waals surface area contributed by atoms with Crippen LogP contribution in [0.1, 0.15) is 40.0 Å². The number of nitrogens with one attached hydrogen (secondary N) is 2. The van der Waals surface area contributed by atoms with Crippen LogP contribution in [-0.4, -0.2) is 52.0 Å². The van der Waals surface area contributed by atoms with E-state index in [0.717, 1.165) is 6.21 Å². The summed E-state index contributed by atoms with van der Waals surface area (Å²) in [6.45, 7) is 4.95. The van der Waals surface area contributed by atoms with Crippen molar-refractivity contribution in [2.75, 3.05) is 0 Å².